The number of rotatable bonds is 6. The number of para-hydroxylation sites is 2. The first-order valence-electron chi connectivity index (χ1n) is 7.92. The molecular formula is C20H16Cl2N4. The Morgan fingerprint density at radius 1 is 0.538 bits per heavy atom. The normalized spacial score (nSPS) is 11.2. The minimum Gasteiger partial charge on any atom is -0.173 e. The molecule has 0 amide bonds. The Kier molecular flexibility index (Phi) is 6.25. The lowest BCUT2D eigenvalue weighted by molar-refractivity contribution is 1.19. The molecule has 3 aromatic rings. The Balaban J connectivity index is 1.61. The van der Waals surface area contributed by atoms with E-state index in [2.05, 4.69) is 10.2 Å². The van der Waals surface area contributed by atoms with E-state index in [4.69, 9.17) is 23.6 Å². The van der Waals surface area contributed by atoms with Crippen molar-refractivity contribution in [2.24, 2.45) is 10.2 Å². The van der Waals surface area contributed by atoms with E-state index in [1.807, 2.05) is 84.9 Å². The Hall–Kier alpha value is -2.82. The van der Waals surface area contributed by atoms with E-state index in [9.17, 15) is 0 Å². The molecule has 0 saturated heterocycles. The molecule has 3 rings (SSSR count). The second-order valence-electron chi connectivity index (χ2n) is 5.35. The highest BCUT2D eigenvalue weighted by molar-refractivity contribution is 6.26. The lowest BCUT2D eigenvalue weighted by Crippen LogP contribution is -2.01. The van der Waals surface area contributed by atoms with Crippen molar-refractivity contribution in [3.8, 4) is 0 Å². The third-order valence-electron chi connectivity index (χ3n) is 3.49. The highest BCUT2D eigenvalue weighted by Crippen LogP contribution is 2.17. The van der Waals surface area contributed by atoms with Crippen molar-refractivity contribution in [2.45, 2.75) is 0 Å². The molecule has 0 N–H and O–H groups in total. The fourth-order valence-corrected chi connectivity index (χ4v) is 2.45. The summed E-state index contributed by atoms with van der Waals surface area (Å²) in [6, 6.07) is 26.7. The SMILES string of the molecule is ClN(/N=C\c1ccc(/C=N/N(Cl)c2ccccc2)cc1)c1ccccc1. The summed E-state index contributed by atoms with van der Waals surface area (Å²) in [4.78, 5) is 0. The first-order valence-corrected chi connectivity index (χ1v) is 8.60. The predicted molar refractivity (Wildman–Crippen MR) is 111 cm³/mol. The second kappa shape index (κ2) is 9.04. The highest BCUT2D eigenvalue weighted by Gasteiger charge is 2.00. The van der Waals surface area contributed by atoms with Gasteiger partial charge in [0.2, 0.25) is 0 Å². The quantitative estimate of drug-likeness (QED) is 0.312. The average Bonchev–Trinajstić information content (AvgIpc) is 2.72. The van der Waals surface area contributed by atoms with Gasteiger partial charge in [-0.3, -0.25) is 0 Å². The Morgan fingerprint density at radius 3 is 1.23 bits per heavy atom. The van der Waals surface area contributed by atoms with Crippen LogP contribution in [-0.2, 0) is 0 Å². The highest BCUT2D eigenvalue weighted by atomic mass is 35.5. The summed E-state index contributed by atoms with van der Waals surface area (Å²) < 4.78 is 2.61. The van der Waals surface area contributed by atoms with Crippen LogP contribution in [-0.4, -0.2) is 12.4 Å². The van der Waals surface area contributed by atoms with Crippen molar-refractivity contribution >= 4 is 47.4 Å². The molecule has 0 bridgehead atoms. The molecule has 0 spiro atoms. The molecule has 3 aromatic carbocycles. The Bertz CT molecular complexity index is 791. The topological polar surface area (TPSA) is 31.2 Å². The molecule has 0 aliphatic heterocycles. The minimum atomic E-state index is 0.803. The molecule has 6 heteroatoms. The zero-order chi connectivity index (χ0) is 18.2. The first-order chi connectivity index (χ1) is 12.7. The maximum Gasteiger partial charge on any atom is 0.0783 e. The number of halogens is 2. The largest absolute Gasteiger partial charge is 0.173 e. The van der Waals surface area contributed by atoms with Gasteiger partial charge in [0.1, 0.15) is 0 Å². The van der Waals surface area contributed by atoms with E-state index in [0.717, 1.165) is 22.5 Å². The van der Waals surface area contributed by atoms with E-state index >= 15 is 0 Å². The van der Waals surface area contributed by atoms with Crippen LogP contribution in [0.1, 0.15) is 11.1 Å². The molecule has 4 nitrogen and oxygen atoms in total. The van der Waals surface area contributed by atoms with Crippen LogP contribution in [0.5, 0.6) is 0 Å². The summed E-state index contributed by atoms with van der Waals surface area (Å²) in [5.41, 5.74) is 3.46. The summed E-state index contributed by atoms with van der Waals surface area (Å²) >= 11 is 12.2. The van der Waals surface area contributed by atoms with Crippen LogP contribution in [0.4, 0.5) is 11.4 Å². The van der Waals surface area contributed by atoms with Crippen molar-refractivity contribution < 1.29 is 0 Å². The lowest BCUT2D eigenvalue weighted by atomic mass is 10.2. The third-order valence-corrected chi connectivity index (χ3v) is 4.06. The van der Waals surface area contributed by atoms with E-state index in [-0.39, 0.29) is 0 Å². The van der Waals surface area contributed by atoms with Gasteiger partial charge in [0.05, 0.1) is 23.8 Å². The van der Waals surface area contributed by atoms with Gasteiger partial charge in [0.25, 0.3) is 0 Å². The second-order valence-corrected chi connectivity index (χ2v) is 5.99. The van der Waals surface area contributed by atoms with E-state index < -0.39 is 0 Å². The third kappa shape index (κ3) is 5.09. The van der Waals surface area contributed by atoms with Gasteiger partial charge < -0.3 is 0 Å². The van der Waals surface area contributed by atoms with E-state index in [1.165, 1.54) is 9.06 Å². The molecule has 0 atom stereocenters. The van der Waals surface area contributed by atoms with Crippen LogP contribution in [0.15, 0.2) is 95.1 Å². The standard InChI is InChI=1S/C20H16Cl2N4/c21-25(19-7-3-1-4-8-19)23-15-17-11-13-18(14-12-17)16-24-26(22)20-9-5-2-6-10-20/h1-16H/b23-15-,24-16+. The van der Waals surface area contributed by atoms with Crippen LogP contribution in [0.2, 0.25) is 0 Å². The van der Waals surface area contributed by atoms with Gasteiger partial charge in [-0.05, 0) is 35.4 Å². The van der Waals surface area contributed by atoms with Gasteiger partial charge in [-0.1, -0.05) is 60.7 Å². The van der Waals surface area contributed by atoms with Crippen molar-refractivity contribution in [3.63, 3.8) is 0 Å². The maximum atomic E-state index is 6.12. The fraction of sp³-hybridized carbons (Fsp3) is 0. The van der Waals surface area contributed by atoms with Gasteiger partial charge in [0, 0.05) is 23.6 Å². The minimum absolute atomic E-state index is 0.803. The van der Waals surface area contributed by atoms with Gasteiger partial charge in [-0.25, -0.2) is 0 Å². The van der Waals surface area contributed by atoms with Crippen molar-refractivity contribution in [2.75, 3.05) is 9.06 Å². The summed E-state index contributed by atoms with van der Waals surface area (Å²) in [7, 11) is 0. The molecular weight excluding hydrogens is 367 g/mol. The van der Waals surface area contributed by atoms with Crippen LogP contribution in [0.3, 0.4) is 0 Å². The predicted octanol–water partition coefficient (Wildman–Crippen LogP) is 5.68. The maximum absolute atomic E-state index is 6.12. The number of anilines is 2. The van der Waals surface area contributed by atoms with Gasteiger partial charge >= 0.3 is 0 Å². The molecule has 0 unspecified atom stereocenters. The first kappa shape index (κ1) is 18.0. The number of hydrazone groups is 2. The van der Waals surface area contributed by atoms with Crippen molar-refractivity contribution in [3.05, 3.63) is 96.1 Å². The summed E-state index contributed by atoms with van der Waals surface area (Å²) in [5.74, 6) is 0. The van der Waals surface area contributed by atoms with Crippen molar-refractivity contribution in [1.29, 1.82) is 0 Å². The molecule has 0 aliphatic rings. The van der Waals surface area contributed by atoms with Gasteiger partial charge in [-0.2, -0.15) is 19.3 Å². The van der Waals surface area contributed by atoms with Crippen LogP contribution in [0, 0.1) is 0 Å². The monoisotopic (exact) mass is 382 g/mol. The average molecular weight is 383 g/mol. The summed E-state index contributed by atoms with van der Waals surface area (Å²) in [5, 5.41) is 8.44. The Morgan fingerprint density at radius 2 is 0.885 bits per heavy atom. The van der Waals surface area contributed by atoms with E-state index in [1.54, 1.807) is 12.4 Å². The molecule has 0 radical (unpaired) electrons. The molecule has 0 fully saturated rings. The summed E-state index contributed by atoms with van der Waals surface area (Å²) in [6.07, 6.45) is 3.39. The zero-order valence-corrected chi connectivity index (χ0v) is 15.3. The van der Waals surface area contributed by atoms with Crippen molar-refractivity contribution in [1.82, 2.24) is 0 Å². The van der Waals surface area contributed by atoms with Crippen LogP contribution < -0.4 is 9.06 Å². The number of hydrogen-bond acceptors (Lipinski definition) is 4. The molecule has 0 saturated carbocycles. The number of nitrogens with zero attached hydrogens (tertiary/aromatic N) is 4. The van der Waals surface area contributed by atoms with Crippen LogP contribution >= 0.6 is 23.6 Å². The molecule has 130 valence electrons. The molecule has 26 heavy (non-hydrogen) atoms. The molecule has 0 heterocycles. The number of hydrogen-bond donors (Lipinski definition) is 0. The molecule has 0 aliphatic carbocycles. The molecule has 0 aromatic heterocycles. The number of benzene rings is 3. The Labute approximate surface area is 162 Å². The van der Waals surface area contributed by atoms with Crippen LogP contribution in [0.25, 0.3) is 0 Å². The fourth-order valence-electron chi connectivity index (χ4n) is 2.14. The smallest absolute Gasteiger partial charge is 0.0783 e. The zero-order valence-electron chi connectivity index (χ0n) is 13.8. The van der Waals surface area contributed by atoms with Gasteiger partial charge in [0.15, 0.2) is 0 Å². The summed E-state index contributed by atoms with van der Waals surface area (Å²) in [6.45, 7) is 0. The van der Waals surface area contributed by atoms with Gasteiger partial charge in [-0.15, -0.1) is 0 Å². The van der Waals surface area contributed by atoms with E-state index in [0.29, 0.717) is 0 Å². The lowest BCUT2D eigenvalue weighted by Gasteiger charge is -2.08.